The second-order valence-electron chi connectivity index (χ2n) is 3.43. The van der Waals surface area contributed by atoms with Crippen LogP contribution >= 0.6 is 11.8 Å². The molecule has 0 aliphatic carbocycles. The summed E-state index contributed by atoms with van der Waals surface area (Å²) in [6, 6.07) is 6.62. The van der Waals surface area contributed by atoms with Gasteiger partial charge in [-0.05, 0) is 32.0 Å². The van der Waals surface area contributed by atoms with Crippen LogP contribution in [-0.4, -0.2) is 25.3 Å². The first-order valence-electron chi connectivity index (χ1n) is 5.87. The SMILES string of the molecule is CCOC(CCSc1cccc(F)c1)OCC. The van der Waals surface area contributed by atoms with E-state index in [-0.39, 0.29) is 12.1 Å². The molecule has 0 aliphatic rings. The van der Waals surface area contributed by atoms with Gasteiger partial charge in [0.15, 0.2) is 6.29 Å². The van der Waals surface area contributed by atoms with Crippen LogP contribution in [0.2, 0.25) is 0 Å². The Hall–Kier alpha value is -0.580. The van der Waals surface area contributed by atoms with E-state index >= 15 is 0 Å². The zero-order valence-corrected chi connectivity index (χ0v) is 11.1. The topological polar surface area (TPSA) is 18.5 Å². The van der Waals surface area contributed by atoms with Gasteiger partial charge in [0.1, 0.15) is 5.82 Å². The van der Waals surface area contributed by atoms with Crippen molar-refractivity contribution in [2.45, 2.75) is 31.5 Å². The van der Waals surface area contributed by atoms with Crippen molar-refractivity contribution in [2.75, 3.05) is 19.0 Å². The van der Waals surface area contributed by atoms with Crippen LogP contribution in [-0.2, 0) is 9.47 Å². The van der Waals surface area contributed by atoms with Gasteiger partial charge in [0.2, 0.25) is 0 Å². The smallest absolute Gasteiger partial charge is 0.158 e. The molecule has 0 unspecified atom stereocenters. The monoisotopic (exact) mass is 258 g/mol. The van der Waals surface area contributed by atoms with E-state index in [1.165, 1.54) is 6.07 Å². The first-order valence-corrected chi connectivity index (χ1v) is 6.86. The first kappa shape index (κ1) is 14.5. The van der Waals surface area contributed by atoms with Gasteiger partial charge in [-0.3, -0.25) is 0 Å². The van der Waals surface area contributed by atoms with Gasteiger partial charge in [-0.15, -0.1) is 11.8 Å². The van der Waals surface area contributed by atoms with Gasteiger partial charge in [0.25, 0.3) is 0 Å². The number of rotatable bonds is 8. The van der Waals surface area contributed by atoms with Crippen molar-refractivity contribution in [1.82, 2.24) is 0 Å². The van der Waals surface area contributed by atoms with Crippen molar-refractivity contribution in [3.05, 3.63) is 30.1 Å². The molecule has 0 saturated carbocycles. The molecule has 17 heavy (non-hydrogen) atoms. The van der Waals surface area contributed by atoms with Gasteiger partial charge in [-0.25, -0.2) is 4.39 Å². The summed E-state index contributed by atoms with van der Waals surface area (Å²) in [5.41, 5.74) is 0. The minimum Gasteiger partial charge on any atom is -0.353 e. The standard InChI is InChI=1S/C13H19FO2S/c1-3-15-13(16-4-2)8-9-17-12-7-5-6-11(14)10-12/h5-7,10,13H,3-4,8-9H2,1-2H3. The molecular formula is C13H19FO2S. The summed E-state index contributed by atoms with van der Waals surface area (Å²) in [5, 5.41) is 0. The molecule has 4 heteroatoms. The number of ether oxygens (including phenoxy) is 2. The van der Waals surface area contributed by atoms with E-state index in [0.29, 0.717) is 13.2 Å². The molecular weight excluding hydrogens is 239 g/mol. The average Bonchev–Trinajstić information content (AvgIpc) is 2.30. The molecule has 96 valence electrons. The van der Waals surface area contributed by atoms with E-state index in [4.69, 9.17) is 9.47 Å². The maximum atomic E-state index is 12.9. The molecule has 0 spiro atoms. The average molecular weight is 258 g/mol. The Morgan fingerprint density at radius 2 is 1.94 bits per heavy atom. The highest BCUT2D eigenvalue weighted by Crippen LogP contribution is 2.20. The van der Waals surface area contributed by atoms with Gasteiger partial charge in [-0.1, -0.05) is 6.07 Å². The number of halogens is 1. The predicted octanol–water partition coefficient (Wildman–Crippen LogP) is 3.71. The molecule has 1 rings (SSSR count). The van der Waals surface area contributed by atoms with E-state index in [9.17, 15) is 4.39 Å². The summed E-state index contributed by atoms with van der Waals surface area (Å²) in [7, 11) is 0. The van der Waals surface area contributed by atoms with Gasteiger partial charge >= 0.3 is 0 Å². The maximum absolute atomic E-state index is 12.9. The Morgan fingerprint density at radius 3 is 2.53 bits per heavy atom. The van der Waals surface area contributed by atoms with Crippen molar-refractivity contribution in [3.8, 4) is 0 Å². The van der Waals surface area contributed by atoms with E-state index in [1.807, 2.05) is 19.9 Å². The minimum absolute atomic E-state index is 0.147. The fraction of sp³-hybridized carbons (Fsp3) is 0.538. The number of benzene rings is 1. The first-order chi connectivity index (χ1) is 8.26. The molecule has 0 aromatic heterocycles. The lowest BCUT2D eigenvalue weighted by Crippen LogP contribution is -2.18. The van der Waals surface area contributed by atoms with E-state index < -0.39 is 0 Å². The van der Waals surface area contributed by atoms with Crippen LogP contribution in [0.15, 0.2) is 29.2 Å². The van der Waals surface area contributed by atoms with E-state index in [2.05, 4.69) is 0 Å². The summed E-state index contributed by atoms with van der Waals surface area (Å²) in [6.45, 7) is 5.20. The second-order valence-corrected chi connectivity index (χ2v) is 4.60. The highest BCUT2D eigenvalue weighted by atomic mass is 32.2. The van der Waals surface area contributed by atoms with Crippen molar-refractivity contribution >= 4 is 11.8 Å². The van der Waals surface area contributed by atoms with Crippen molar-refractivity contribution in [2.24, 2.45) is 0 Å². The lowest BCUT2D eigenvalue weighted by Gasteiger charge is -2.16. The van der Waals surface area contributed by atoms with Crippen LogP contribution in [0, 0.1) is 5.82 Å². The van der Waals surface area contributed by atoms with Crippen molar-refractivity contribution < 1.29 is 13.9 Å². The Bertz CT molecular complexity index is 314. The van der Waals surface area contributed by atoms with Gasteiger partial charge in [0, 0.05) is 30.3 Å². The van der Waals surface area contributed by atoms with Crippen LogP contribution in [0.1, 0.15) is 20.3 Å². The van der Waals surface area contributed by atoms with Crippen LogP contribution in [0.3, 0.4) is 0 Å². The Kier molecular flexibility index (Phi) is 7.24. The van der Waals surface area contributed by atoms with Crippen LogP contribution in [0.4, 0.5) is 4.39 Å². The zero-order valence-electron chi connectivity index (χ0n) is 10.3. The van der Waals surface area contributed by atoms with E-state index in [0.717, 1.165) is 17.1 Å². The maximum Gasteiger partial charge on any atom is 0.158 e. The molecule has 0 aliphatic heterocycles. The summed E-state index contributed by atoms with van der Waals surface area (Å²) < 4.78 is 23.8. The van der Waals surface area contributed by atoms with Crippen LogP contribution in [0.25, 0.3) is 0 Å². The van der Waals surface area contributed by atoms with Crippen molar-refractivity contribution in [3.63, 3.8) is 0 Å². The highest BCUT2D eigenvalue weighted by Gasteiger charge is 2.07. The fourth-order valence-electron chi connectivity index (χ4n) is 1.42. The predicted molar refractivity (Wildman–Crippen MR) is 68.8 cm³/mol. The molecule has 0 amide bonds. The zero-order chi connectivity index (χ0) is 12.5. The Labute approximate surface area is 107 Å². The van der Waals surface area contributed by atoms with Crippen molar-refractivity contribution in [1.29, 1.82) is 0 Å². The fourth-order valence-corrected chi connectivity index (χ4v) is 2.33. The lowest BCUT2D eigenvalue weighted by atomic mass is 10.4. The quantitative estimate of drug-likeness (QED) is 0.523. The Balaban J connectivity index is 2.30. The molecule has 0 saturated heterocycles. The van der Waals surface area contributed by atoms with E-state index in [1.54, 1.807) is 23.9 Å². The summed E-state index contributed by atoms with van der Waals surface area (Å²) >= 11 is 1.61. The molecule has 0 atom stereocenters. The summed E-state index contributed by atoms with van der Waals surface area (Å²) in [4.78, 5) is 0.941. The minimum atomic E-state index is -0.193. The number of hydrogen-bond acceptors (Lipinski definition) is 3. The molecule has 1 aromatic rings. The summed E-state index contributed by atoms with van der Waals surface area (Å²) in [5.74, 6) is 0.662. The normalized spacial score (nSPS) is 11.1. The number of hydrogen-bond donors (Lipinski definition) is 0. The number of thioether (sulfide) groups is 1. The molecule has 0 N–H and O–H groups in total. The molecule has 2 nitrogen and oxygen atoms in total. The van der Waals surface area contributed by atoms with Gasteiger partial charge < -0.3 is 9.47 Å². The molecule has 0 radical (unpaired) electrons. The third-order valence-electron chi connectivity index (χ3n) is 2.12. The molecule has 0 bridgehead atoms. The third-order valence-corrected chi connectivity index (χ3v) is 3.15. The largest absolute Gasteiger partial charge is 0.353 e. The highest BCUT2D eigenvalue weighted by molar-refractivity contribution is 7.99. The Morgan fingerprint density at radius 1 is 1.24 bits per heavy atom. The third kappa shape index (κ3) is 6.05. The summed E-state index contributed by atoms with van der Waals surface area (Å²) in [6.07, 6.45) is 0.661. The molecule has 0 fully saturated rings. The van der Waals surface area contributed by atoms with Crippen LogP contribution < -0.4 is 0 Å². The van der Waals surface area contributed by atoms with Gasteiger partial charge in [-0.2, -0.15) is 0 Å². The molecule has 0 heterocycles. The van der Waals surface area contributed by atoms with Crippen LogP contribution in [0.5, 0.6) is 0 Å². The lowest BCUT2D eigenvalue weighted by molar-refractivity contribution is -0.136. The second kappa shape index (κ2) is 8.50. The van der Waals surface area contributed by atoms with Gasteiger partial charge in [0.05, 0.1) is 0 Å². The molecule has 1 aromatic carbocycles.